The van der Waals surface area contributed by atoms with Gasteiger partial charge in [-0.1, -0.05) is 67.0 Å². The summed E-state index contributed by atoms with van der Waals surface area (Å²) in [5.74, 6) is 6.22. The zero-order valence-corrected chi connectivity index (χ0v) is 14.0. The van der Waals surface area contributed by atoms with Gasteiger partial charge in [0, 0.05) is 34.4 Å². The number of nitro groups is 1. The number of nitrogens with zero attached hydrogens (tertiary/aromatic N) is 1. The molecule has 0 amide bonds. The Morgan fingerprint density at radius 1 is 0.846 bits per heavy atom. The van der Waals surface area contributed by atoms with Crippen LogP contribution < -0.4 is 0 Å². The molecule has 0 aromatic heterocycles. The lowest BCUT2D eigenvalue weighted by molar-refractivity contribution is -0.384. The Balaban J connectivity index is 1.98. The SMILES string of the molecule is C=C=C(c1ccccc1)c1ccccc1C#Cc1ccc([N+](=O)[O-])cc1. The summed E-state index contributed by atoms with van der Waals surface area (Å²) >= 11 is 0. The number of hydrogen-bond donors (Lipinski definition) is 0. The van der Waals surface area contributed by atoms with Crippen LogP contribution in [0.4, 0.5) is 5.69 Å². The second-order valence-corrected chi connectivity index (χ2v) is 5.52. The smallest absolute Gasteiger partial charge is 0.258 e. The summed E-state index contributed by atoms with van der Waals surface area (Å²) in [5.41, 5.74) is 7.49. The Labute approximate surface area is 152 Å². The third kappa shape index (κ3) is 3.79. The fourth-order valence-corrected chi connectivity index (χ4v) is 2.57. The van der Waals surface area contributed by atoms with Crippen molar-refractivity contribution in [2.24, 2.45) is 0 Å². The number of benzene rings is 3. The average Bonchev–Trinajstić information content (AvgIpc) is 2.69. The predicted molar refractivity (Wildman–Crippen MR) is 104 cm³/mol. The van der Waals surface area contributed by atoms with Crippen LogP contribution in [0, 0.1) is 22.0 Å². The van der Waals surface area contributed by atoms with Crippen molar-refractivity contribution in [3.05, 3.63) is 124 Å². The summed E-state index contributed by atoms with van der Waals surface area (Å²) in [6.45, 7) is 3.83. The zero-order chi connectivity index (χ0) is 18.4. The normalized spacial score (nSPS) is 9.54. The summed E-state index contributed by atoms with van der Waals surface area (Å²) in [4.78, 5) is 10.3. The van der Waals surface area contributed by atoms with Gasteiger partial charge >= 0.3 is 0 Å². The highest BCUT2D eigenvalue weighted by Gasteiger charge is 2.08. The average molecular weight is 337 g/mol. The molecule has 3 aromatic rings. The molecule has 0 N–H and O–H groups in total. The van der Waals surface area contributed by atoms with E-state index >= 15 is 0 Å². The monoisotopic (exact) mass is 337 g/mol. The van der Waals surface area contributed by atoms with Gasteiger partial charge in [-0.15, -0.1) is 5.73 Å². The molecule has 0 bridgehead atoms. The quantitative estimate of drug-likeness (QED) is 0.285. The molecule has 0 atom stereocenters. The van der Waals surface area contributed by atoms with Gasteiger partial charge in [0.05, 0.1) is 4.92 Å². The van der Waals surface area contributed by atoms with Crippen LogP contribution in [0.25, 0.3) is 5.57 Å². The van der Waals surface area contributed by atoms with E-state index in [2.05, 4.69) is 24.2 Å². The first-order valence-corrected chi connectivity index (χ1v) is 8.00. The topological polar surface area (TPSA) is 43.1 Å². The fourth-order valence-electron chi connectivity index (χ4n) is 2.57. The third-order valence-corrected chi connectivity index (χ3v) is 3.86. The lowest BCUT2D eigenvalue weighted by Gasteiger charge is -2.08. The van der Waals surface area contributed by atoms with E-state index in [9.17, 15) is 10.1 Å². The lowest BCUT2D eigenvalue weighted by Crippen LogP contribution is -1.91. The van der Waals surface area contributed by atoms with Gasteiger partial charge in [-0.25, -0.2) is 0 Å². The molecule has 0 saturated heterocycles. The minimum Gasteiger partial charge on any atom is -0.258 e. The molecule has 0 aliphatic heterocycles. The van der Waals surface area contributed by atoms with Crippen molar-refractivity contribution in [2.45, 2.75) is 0 Å². The van der Waals surface area contributed by atoms with Crippen molar-refractivity contribution < 1.29 is 4.92 Å². The Morgan fingerprint density at radius 2 is 1.50 bits per heavy atom. The van der Waals surface area contributed by atoms with Crippen LogP contribution in [-0.4, -0.2) is 4.92 Å². The highest BCUT2D eigenvalue weighted by atomic mass is 16.6. The molecular weight excluding hydrogens is 322 g/mol. The summed E-state index contributed by atoms with van der Waals surface area (Å²) in [5, 5.41) is 10.7. The molecule has 0 spiro atoms. The standard InChI is InChI=1S/C23H15NO2/c1-2-22(19-8-4-3-5-9-19)23-11-7-6-10-20(23)15-12-18-13-16-21(17-14-18)24(25)26/h3-11,13-14,16-17H,1H2. The molecule has 26 heavy (non-hydrogen) atoms. The predicted octanol–water partition coefficient (Wildman–Crippen LogP) is 5.21. The van der Waals surface area contributed by atoms with Crippen LogP contribution in [0.15, 0.2) is 91.2 Å². The van der Waals surface area contributed by atoms with Gasteiger partial charge in [-0.2, -0.15) is 0 Å². The van der Waals surface area contributed by atoms with E-state index in [-0.39, 0.29) is 5.69 Å². The molecule has 0 aliphatic carbocycles. The number of non-ortho nitro benzene ring substituents is 1. The minimum absolute atomic E-state index is 0.0527. The first-order valence-electron chi connectivity index (χ1n) is 8.00. The summed E-state index contributed by atoms with van der Waals surface area (Å²) in [6, 6.07) is 23.9. The van der Waals surface area contributed by atoms with E-state index < -0.39 is 4.92 Å². The molecule has 3 aromatic carbocycles. The molecule has 3 rings (SSSR count). The maximum absolute atomic E-state index is 10.7. The van der Waals surface area contributed by atoms with Crippen molar-refractivity contribution in [2.75, 3.05) is 0 Å². The Hall–Kier alpha value is -3.86. The van der Waals surface area contributed by atoms with Gasteiger partial charge in [0.1, 0.15) is 0 Å². The van der Waals surface area contributed by atoms with E-state index in [0.717, 1.165) is 22.3 Å². The maximum atomic E-state index is 10.7. The van der Waals surface area contributed by atoms with Crippen molar-refractivity contribution in [3.63, 3.8) is 0 Å². The highest BCUT2D eigenvalue weighted by Crippen LogP contribution is 2.25. The van der Waals surface area contributed by atoms with Gasteiger partial charge in [0.15, 0.2) is 0 Å². The number of nitro benzene ring substituents is 1. The molecule has 0 heterocycles. The number of hydrogen-bond acceptors (Lipinski definition) is 2. The molecule has 0 fully saturated rings. The molecule has 0 aliphatic rings. The first kappa shape index (κ1) is 17.0. The Kier molecular flexibility index (Phi) is 5.10. The van der Waals surface area contributed by atoms with Gasteiger partial charge in [0.2, 0.25) is 0 Å². The van der Waals surface area contributed by atoms with E-state index in [1.165, 1.54) is 12.1 Å². The highest BCUT2D eigenvalue weighted by molar-refractivity contribution is 5.82. The van der Waals surface area contributed by atoms with Crippen LogP contribution in [-0.2, 0) is 0 Å². The van der Waals surface area contributed by atoms with E-state index in [4.69, 9.17) is 0 Å². The molecule has 0 radical (unpaired) electrons. The largest absolute Gasteiger partial charge is 0.269 e. The van der Waals surface area contributed by atoms with Gasteiger partial charge in [0.25, 0.3) is 5.69 Å². The van der Waals surface area contributed by atoms with Gasteiger partial charge in [-0.05, 0) is 23.8 Å². The Bertz CT molecular complexity index is 1050. The Morgan fingerprint density at radius 3 is 2.15 bits per heavy atom. The summed E-state index contributed by atoms with van der Waals surface area (Å²) in [7, 11) is 0. The van der Waals surface area contributed by atoms with E-state index in [0.29, 0.717) is 5.56 Å². The van der Waals surface area contributed by atoms with E-state index in [1.54, 1.807) is 12.1 Å². The molecule has 0 unspecified atom stereocenters. The molecular formula is C23H15NO2. The second-order valence-electron chi connectivity index (χ2n) is 5.52. The van der Waals surface area contributed by atoms with Crippen molar-refractivity contribution >= 4 is 11.3 Å². The van der Waals surface area contributed by atoms with Crippen molar-refractivity contribution in [1.82, 2.24) is 0 Å². The second kappa shape index (κ2) is 7.81. The van der Waals surface area contributed by atoms with Crippen molar-refractivity contribution in [3.8, 4) is 11.8 Å². The molecule has 0 saturated carbocycles. The van der Waals surface area contributed by atoms with Gasteiger partial charge in [-0.3, -0.25) is 10.1 Å². The van der Waals surface area contributed by atoms with E-state index in [1.807, 2.05) is 54.6 Å². The van der Waals surface area contributed by atoms with Crippen LogP contribution >= 0.6 is 0 Å². The van der Waals surface area contributed by atoms with Crippen molar-refractivity contribution in [1.29, 1.82) is 0 Å². The van der Waals surface area contributed by atoms with Crippen LogP contribution in [0.2, 0.25) is 0 Å². The third-order valence-electron chi connectivity index (χ3n) is 3.86. The first-order chi connectivity index (χ1) is 12.7. The summed E-state index contributed by atoms with van der Waals surface area (Å²) < 4.78 is 0. The van der Waals surface area contributed by atoms with Crippen LogP contribution in [0.1, 0.15) is 22.3 Å². The van der Waals surface area contributed by atoms with Crippen LogP contribution in [0.3, 0.4) is 0 Å². The molecule has 3 heteroatoms. The van der Waals surface area contributed by atoms with Gasteiger partial charge < -0.3 is 0 Å². The minimum atomic E-state index is -0.423. The number of rotatable bonds is 3. The molecule has 124 valence electrons. The summed E-state index contributed by atoms with van der Waals surface area (Å²) in [6.07, 6.45) is 0. The lowest BCUT2D eigenvalue weighted by atomic mass is 9.94. The zero-order valence-electron chi connectivity index (χ0n) is 14.0. The van der Waals surface area contributed by atoms with Crippen LogP contribution in [0.5, 0.6) is 0 Å². The fraction of sp³-hybridized carbons (Fsp3) is 0. The maximum Gasteiger partial charge on any atom is 0.269 e. The molecule has 3 nitrogen and oxygen atoms in total.